The van der Waals surface area contributed by atoms with Crippen molar-refractivity contribution in [1.82, 2.24) is 10.2 Å². The van der Waals surface area contributed by atoms with Gasteiger partial charge < -0.3 is 15.3 Å². The summed E-state index contributed by atoms with van der Waals surface area (Å²) < 4.78 is 36.1. The summed E-state index contributed by atoms with van der Waals surface area (Å²) in [6, 6.07) is 5.20. The van der Waals surface area contributed by atoms with Gasteiger partial charge in [0.25, 0.3) is 0 Å². The van der Waals surface area contributed by atoms with Gasteiger partial charge in [-0.15, -0.1) is 0 Å². The van der Waals surface area contributed by atoms with E-state index in [-0.39, 0.29) is 12.1 Å². The lowest BCUT2D eigenvalue weighted by molar-refractivity contribution is -0.136. The van der Waals surface area contributed by atoms with E-state index in [4.69, 9.17) is 5.11 Å². The number of hydrogen-bond acceptors (Lipinski definition) is 2. The smallest absolute Gasteiger partial charge is 0.390 e. The predicted octanol–water partition coefficient (Wildman–Crippen LogP) is 2.48. The Morgan fingerprint density at radius 3 is 2.29 bits per heavy atom. The Hall–Kier alpha value is -2.25. The van der Waals surface area contributed by atoms with Crippen molar-refractivity contribution >= 4 is 12.0 Å². The third-order valence-corrected chi connectivity index (χ3v) is 2.72. The van der Waals surface area contributed by atoms with Crippen LogP contribution in [0.3, 0.4) is 0 Å². The van der Waals surface area contributed by atoms with Crippen LogP contribution in [0.4, 0.5) is 18.0 Å². The van der Waals surface area contributed by atoms with Crippen molar-refractivity contribution in [2.24, 2.45) is 0 Å². The molecule has 0 aliphatic carbocycles. The zero-order valence-electron chi connectivity index (χ0n) is 11.3. The first-order valence-corrected chi connectivity index (χ1v) is 6.07. The highest BCUT2D eigenvalue weighted by atomic mass is 19.4. The Morgan fingerprint density at radius 2 is 1.81 bits per heavy atom. The molecular formula is C13H15F3N2O3. The van der Waals surface area contributed by atoms with Crippen LogP contribution >= 0.6 is 0 Å². The van der Waals surface area contributed by atoms with Gasteiger partial charge in [0, 0.05) is 20.1 Å². The number of carbonyl (C=O) groups is 2. The summed E-state index contributed by atoms with van der Waals surface area (Å²) in [4.78, 5) is 23.2. The van der Waals surface area contributed by atoms with E-state index in [1.54, 1.807) is 0 Å². The topological polar surface area (TPSA) is 69.6 Å². The molecule has 0 aliphatic rings. The summed E-state index contributed by atoms with van der Waals surface area (Å²) in [5, 5.41) is 11.2. The minimum Gasteiger partial charge on any atom is -0.478 e. The van der Waals surface area contributed by atoms with Gasteiger partial charge in [0.15, 0.2) is 0 Å². The van der Waals surface area contributed by atoms with Crippen molar-refractivity contribution in [3.05, 3.63) is 35.4 Å². The Labute approximate surface area is 119 Å². The van der Waals surface area contributed by atoms with Crippen LogP contribution in [0.1, 0.15) is 22.3 Å². The molecule has 2 N–H and O–H groups in total. The van der Waals surface area contributed by atoms with E-state index in [9.17, 15) is 22.8 Å². The van der Waals surface area contributed by atoms with Crippen LogP contribution in [0.2, 0.25) is 0 Å². The predicted molar refractivity (Wildman–Crippen MR) is 68.9 cm³/mol. The van der Waals surface area contributed by atoms with E-state index in [1.165, 1.54) is 31.3 Å². The molecule has 0 atom stereocenters. The molecule has 0 aliphatic heterocycles. The van der Waals surface area contributed by atoms with Gasteiger partial charge in [-0.1, -0.05) is 12.1 Å². The highest BCUT2D eigenvalue weighted by Gasteiger charge is 2.27. The van der Waals surface area contributed by atoms with Crippen molar-refractivity contribution in [1.29, 1.82) is 0 Å². The number of aromatic carboxylic acids is 1. The molecule has 0 aromatic heterocycles. The number of hydrogen-bond donors (Lipinski definition) is 2. The van der Waals surface area contributed by atoms with E-state index in [0.717, 1.165) is 4.90 Å². The average molecular weight is 304 g/mol. The summed E-state index contributed by atoms with van der Waals surface area (Å²) in [7, 11) is 1.27. The molecule has 0 unspecified atom stereocenters. The molecule has 0 spiro atoms. The number of nitrogens with zero attached hydrogens (tertiary/aromatic N) is 1. The minimum absolute atomic E-state index is 0.106. The van der Waals surface area contributed by atoms with E-state index in [1.807, 2.05) is 0 Å². The van der Waals surface area contributed by atoms with Crippen molar-refractivity contribution in [2.45, 2.75) is 19.1 Å². The standard InChI is InChI=1S/C13H15F3N2O3/c1-18(7-6-13(14,15)16)12(21)17-8-9-2-4-10(5-3-9)11(19)20/h2-5H,6-8H2,1H3,(H,17,21)(H,19,20). The lowest BCUT2D eigenvalue weighted by atomic mass is 10.1. The number of carbonyl (C=O) groups excluding carboxylic acids is 1. The number of carboxylic acids is 1. The summed E-state index contributed by atoms with van der Waals surface area (Å²) in [5.74, 6) is -1.06. The summed E-state index contributed by atoms with van der Waals surface area (Å²) >= 11 is 0. The molecule has 0 heterocycles. The van der Waals surface area contributed by atoms with E-state index in [2.05, 4.69) is 5.32 Å². The molecule has 1 rings (SSSR count). The molecule has 8 heteroatoms. The van der Waals surface area contributed by atoms with Gasteiger partial charge >= 0.3 is 18.2 Å². The molecule has 0 radical (unpaired) electrons. The molecule has 0 fully saturated rings. The zero-order chi connectivity index (χ0) is 16.0. The number of nitrogens with one attached hydrogen (secondary N) is 1. The van der Waals surface area contributed by atoms with Gasteiger partial charge in [-0.2, -0.15) is 13.2 Å². The first-order chi connectivity index (χ1) is 9.69. The van der Waals surface area contributed by atoms with Gasteiger partial charge in [0.1, 0.15) is 0 Å². The second-order valence-corrected chi connectivity index (χ2v) is 4.45. The maximum atomic E-state index is 12.0. The number of rotatable bonds is 5. The first-order valence-electron chi connectivity index (χ1n) is 6.07. The third kappa shape index (κ3) is 6.15. The van der Waals surface area contributed by atoms with Crippen LogP contribution in [0, 0.1) is 0 Å². The summed E-state index contributed by atoms with van der Waals surface area (Å²) in [6.45, 7) is -0.317. The second kappa shape index (κ2) is 6.96. The largest absolute Gasteiger partial charge is 0.478 e. The minimum atomic E-state index is -4.30. The van der Waals surface area contributed by atoms with Crippen LogP contribution in [-0.2, 0) is 6.54 Å². The maximum Gasteiger partial charge on any atom is 0.390 e. The van der Waals surface area contributed by atoms with E-state index < -0.39 is 31.1 Å². The first kappa shape index (κ1) is 16.8. The molecule has 1 aromatic rings. The van der Waals surface area contributed by atoms with E-state index in [0.29, 0.717) is 5.56 Å². The maximum absolute atomic E-state index is 12.0. The lowest BCUT2D eigenvalue weighted by Crippen LogP contribution is -2.38. The summed E-state index contributed by atoms with van der Waals surface area (Å²) in [6.07, 6.45) is -5.37. The molecular weight excluding hydrogens is 289 g/mol. The fourth-order valence-electron chi connectivity index (χ4n) is 1.47. The monoisotopic (exact) mass is 304 g/mol. The molecule has 5 nitrogen and oxygen atoms in total. The van der Waals surface area contributed by atoms with Crippen LogP contribution < -0.4 is 5.32 Å². The SMILES string of the molecule is CN(CCC(F)(F)F)C(=O)NCc1ccc(C(=O)O)cc1. The Balaban J connectivity index is 2.43. The van der Waals surface area contributed by atoms with E-state index >= 15 is 0 Å². The second-order valence-electron chi connectivity index (χ2n) is 4.45. The normalized spacial score (nSPS) is 11.0. The van der Waals surface area contributed by atoms with Crippen molar-refractivity contribution < 1.29 is 27.9 Å². The van der Waals surface area contributed by atoms with Crippen LogP contribution in [0.5, 0.6) is 0 Å². The number of amides is 2. The molecule has 1 aromatic carbocycles. The third-order valence-electron chi connectivity index (χ3n) is 2.72. The van der Waals surface area contributed by atoms with Crippen molar-refractivity contribution in [3.63, 3.8) is 0 Å². The van der Waals surface area contributed by atoms with Gasteiger partial charge in [-0.05, 0) is 17.7 Å². The van der Waals surface area contributed by atoms with Gasteiger partial charge in [-0.3, -0.25) is 0 Å². The lowest BCUT2D eigenvalue weighted by Gasteiger charge is -2.18. The van der Waals surface area contributed by atoms with Crippen molar-refractivity contribution in [2.75, 3.05) is 13.6 Å². The molecule has 116 valence electrons. The highest BCUT2D eigenvalue weighted by Crippen LogP contribution is 2.19. The molecule has 0 saturated carbocycles. The molecule has 0 bridgehead atoms. The number of halogens is 3. The Morgan fingerprint density at radius 1 is 1.24 bits per heavy atom. The number of alkyl halides is 3. The number of benzene rings is 1. The summed E-state index contributed by atoms with van der Waals surface area (Å²) in [5.41, 5.74) is 0.768. The van der Waals surface area contributed by atoms with Crippen LogP contribution in [0.25, 0.3) is 0 Å². The molecule has 2 amide bonds. The molecule has 21 heavy (non-hydrogen) atoms. The number of urea groups is 1. The average Bonchev–Trinajstić information content (AvgIpc) is 2.41. The van der Waals surface area contributed by atoms with Gasteiger partial charge in [0.2, 0.25) is 0 Å². The quantitative estimate of drug-likeness (QED) is 0.878. The van der Waals surface area contributed by atoms with Crippen molar-refractivity contribution in [3.8, 4) is 0 Å². The zero-order valence-corrected chi connectivity index (χ0v) is 11.3. The van der Waals surface area contributed by atoms with Gasteiger partial charge in [-0.25, -0.2) is 9.59 Å². The number of carboxylic acid groups (broad SMARTS) is 1. The van der Waals surface area contributed by atoms with Crippen LogP contribution in [0.15, 0.2) is 24.3 Å². The Kier molecular flexibility index (Phi) is 5.57. The highest BCUT2D eigenvalue weighted by molar-refractivity contribution is 5.87. The van der Waals surface area contributed by atoms with Gasteiger partial charge in [0.05, 0.1) is 12.0 Å². The van der Waals surface area contributed by atoms with Crippen LogP contribution in [-0.4, -0.2) is 41.8 Å². The molecule has 0 saturated heterocycles. The fraction of sp³-hybridized carbons (Fsp3) is 0.385. The Bertz CT molecular complexity index is 500. The fourth-order valence-corrected chi connectivity index (χ4v) is 1.47.